The number of thiazole rings is 1. The van der Waals surface area contributed by atoms with Crippen LogP contribution in [0.2, 0.25) is 0 Å². The maximum atomic E-state index is 5.81. The summed E-state index contributed by atoms with van der Waals surface area (Å²) in [5, 5.41) is 1.04. The first-order chi connectivity index (χ1) is 9.29. The topological polar surface area (TPSA) is 48.1 Å². The molecule has 2 aromatic carbocycles. The van der Waals surface area contributed by atoms with Crippen molar-refractivity contribution < 1.29 is 4.74 Å². The van der Waals surface area contributed by atoms with E-state index in [2.05, 4.69) is 23.2 Å². The fourth-order valence-corrected chi connectivity index (χ4v) is 3.38. The molecule has 0 atom stereocenters. The molecule has 1 aliphatic heterocycles. The number of rotatable bonds is 1. The van der Waals surface area contributed by atoms with Crippen molar-refractivity contribution in [3.8, 4) is 10.6 Å². The molecule has 3 nitrogen and oxygen atoms in total. The standard InChI is InChI=1S/C15H12N2OS/c16-12-3-4-13-14(6-12)19-15(17-13)9-1-2-10-7-18-8-11(10)5-9/h1-6H,7-8,16H2. The maximum absolute atomic E-state index is 5.81. The smallest absolute Gasteiger partial charge is 0.124 e. The van der Waals surface area contributed by atoms with Gasteiger partial charge in [0, 0.05) is 11.3 Å². The van der Waals surface area contributed by atoms with Gasteiger partial charge in [-0.1, -0.05) is 12.1 Å². The van der Waals surface area contributed by atoms with Crippen molar-refractivity contribution >= 4 is 27.2 Å². The molecule has 1 aliphatic rings. The first kappa shape index (κ1) is 11.0. The van der Waals surface area contributed by atoms with Crippen LogP contribution in [0, 0.1) is 0 Å². The molecule has 0 aliphatic carbocycles. The summed E-state index contributed by atoms with van der Waals surface area (Å²) >= 11 is 1.68. The molecule has 0 saturated heterocycles. The van der Waals surface area contributed by atoms with Crippen molar-refractivity contribution in [3.63, 3.8) is 0 Å². The predicted octanol–water partition coefficient (Wildman–Crippen LogP) is 3.58. The molecule has 0 unspecified atom stereocenters. The largest absolute Gasteiger partial charge is 0.399 e. The molecule has 0 fully saturated rings. The van der Waals surface area contributed by atoms with E-state index in [1.165, 1.54) is 11.1 Å². The van der Waals surface area contributed by atoms with E-state index in [9.17, 15) is 0 Å². The minimum absolute atomic E-state index is 0.709. The third-order valence-electron chi connectivity index (χ3n) is 3.38. The van der Waals surface area contributed by atoms with E-state index < -0.39 is 0 Å². The molecule has 0 radical (unpaired) electrons. The normalized spacial score (nSPS) is 13.9. The van der Waals surface area contributed by atoms with E-state index in [1.807, 2.05) is 18.2 Å². The van der Waals surface area contributed by atoms with E-state index >= 15 is 0 Å². The van der Waals surface area contributed by atoms with E-state index in [0.717, 1.165) is 33.1 Å². The van der Waals surface area contributed by atoms with Crippen LogP contribution in [0.3, 0.4) is 0 Å². The Morgan fingerprint density at radius 1 is 1.05 bits per heavy atom. The van der Waals surface area contributed by atoms with Crippen molar-refractivity contribution in [2.24, 2.45) is 0 Å². The van der Waals surface area contributed by atoms with Gasteiger partial charge in [0.05, 0.1) is 23.4 Å². The van der Waals surface area contributed by atoms with Crippen LogP contribution >= 0.6 is 11.3 Å². The maximum Gasteiger partial charge on any atom is 0.124 e. The summed E-state index contributed by atoms with van der Waals surface area (Å²) in [6.07, 6.45) is 0. The molecule has 3 aromatic rings. The first-order valence-electron chi connectivity index (χ1n) is 6.15. The second-order valence-electron chi connectivity index (χ2n) is 4.72. The number of hydrogen-bond acceptors (Lipinski definition) is 4. The van der Waals surface area contributed by atoms with Gasteiger partial charge in [-0.2, -0.15) is 0 Å². The van der Waals surface area contributed by atoms with E-state index in [0.29, 0.717) is 6.61 Å². The van der Waals surface area contributed by atoms with Crippen molar-refractivity contribution in [2.75, 3.05) is 5.73 Å². The molecule has 2 N–H and O–H groups in total. The summed E-state index contributed by atoms with van der Waals surface area (Å²) in [5.74, 6) is 0. The molecule has 0 bridgehead atoms. The van der Waals surface area contributed by atoms with Crippen LogP contribution in [-0.4, -0.2) is 4.98 Å². The Morgan fingerprint density at radius 2 is 1.95 bits per heavy atom. The van der Waals surface area contributed by atoms with Gasteiger partial charge in [0.25, 0.3) is 0 Å². The molecule has 2 heterocycles. The lowest BCUT2D eigenvalue weighted by Gasteiger charge is -1.99. The fraction of sp³-hybridized carbons (Fsp3) is 0.133. The van der Waals surface area contributed by atoms with E-state index in [4.69, 9.17) is 10.5 Å². The highest BCUT2D eigenvalue weighted by Gasteiger charge is 2.13. The lowest BCUT2D eigenvalue weighted by Crippen LogP contribution is -1.84. The number of nitrogens with zero attached hydrogens (tertiary/aromatic N) is 1. The summed E-state index contributed by atoms with van der Waals surface area (Å²) in [5.41, 5.74) is 11.3. The minimum Gasteiger partial charge on any atom is -0.399 e. The SMILES string of the molecule is Nc1ccc2nc(-c3ccc4c(c3)COC4)sc2c1. The molecule has 0 spiro atoms. The molecule has 1 aromatic heterocycles. The molecular weight excluding hydrogens is 256 g/mol. The van der Waals surface area contributed by atoms with Gasteiger partial charge in [-0.3, -0.25) is 0 Å². The van der Waals surface area contributed by atoms with Gasteiger partial charge in [0.15, 0.2) is 0 Å². The highest BCUT2D eigenvalue weighted by molar-refractivity contribution is 7.21. The van der Waals surface area contributed by atoms with Gasteiger partial charge in [-0.05, 0) is 35.4 Å². The summed E-state index contributed by atoms with van der Waals surface area (Å²) < 4.78 is 6.58. The Labute approximate surface area is 114 Å². The van der Waals surface area contributed by atoms with Crippen molar-refractivity contribution in [1.82, 2.24) is 4.98 Å². The van der Waals surface area contributed by atoms with E-state index in [-0.39, 0.29) is 0 Å². The van der Waals surface area contributed by atoms with Crippen LogP contribution in [0.1, 0.15) is 11.1 Å². The predicted molar refractivity (Wildman–Crippen MR) is 78.0 cm³/mol. The highest BCUT2D eigenvalue weighted by atomic mass is 32.1. The van der Waals surface area contributed by atoms with Crippen molar-refractivity contribution in [1.29, 1.82) is 0 Å². The first-order valence-corrected chi connectivity index (χ1v) is 6.97. The molecule has 4 heteroatoms. The van der Waals surface area contributed by atoms with Crippen LogP contribution in [0.5, 0.6) is 0 Å². The minimum atomic E-state index is 0.709. The Morgan fingerprint density at radius 3 is 2.89 bits per heavy atom. The van der Waals surface area contributed by atoms with Gasteiger partial charge in [-0.25, -0.2) is 4.98 Å². The average molecular weight is 268 g/mol. The van der Waals surface area contributed by atoms with Gasteiger partial charge in [0.2, 0.25) is 0 Å². The second kappa shape index (κ2) is 4.05. The lowest BCUT2D eigenvalue weighted by molar-refractivity contribution is 0.134. The third-order valence-corrected chi connectivity index (χ3v) is 4.45. The molecular formula is C15H12N2OS. The van der Waals surface area contributed by atoms with Crippen LogP contribution in [-0.2, 0) is 18.0 Å². The van der Waals surface area contributed by atoms with Gasteiger partial charge in [-0.15, -0.1) is 11.3 Å². The molecule has 0 amide bonds. The number of aromatic nitrogens is 1. The lowest BCUT2D eigenvalue weighted by atomic mass is 10.1. The quantitative estimate of drug-likeness (QED) is 0.686. The number of nitrogen functional groups attached to an aromatic ring is 1. The summed E-state index contributed by atoms with van der Waals surface area (Å²) in [6, 6.07) is 12.3. The Bertz CT molecular complexity index is 779. The van der Waals surface area contributed by atoms with Crippen molar-refractivity contribution in [2.45, 2.75) is 13.2 Å². The Balaban J connectivity index is 1.85. The van der Waals surface area contributed by atoms with Gasteiger partial charge >= 0.3 is 0 Å². The Kier molecular flexibility index (Phi) is 2.33. The Hall–Kier alpha value is -1.91. The molecule has 0 saturated carbocycles. The monoisotopic (exact) mass is 268 g/mol. The van der Waals surface area contributed by atoms with Gasteiger partial charge < -0.3 is 10.5 Å². The molecule has 19 heavy (non-hydrogen) atoms. The van der Waals surface area contributed by atoms with Crippen LogP contribution in [0.15, 0.2) is 36.4 Å². The van der Waals surface area contributed by atoms with Crippen LogP contribution in [0.4, 0.5) is 5.69 Å². The zero-order valence-corrected chi connectivity index (χ0v) is 11.0. The van der Waals surface area contributed by atoms with Crippen molar-refractivity contribution in [3.05, 3.63) is 47.5 Å². The fourth-order valence-electron chi connectivity index (χ4n) is 2.37. The molecule has 94 valence electrons. The van der Waals surface area contributed by atoms with Crippen LogP contribution < -0.4 is 5.73 Å². The number of hydrogen-bond donors (Lipinski definition) is 1. The second-order valence-corrected chi connectivity index (χ2v) is 5.75. The zero-order valence-electron chi connectivity index (χ0n) is 10.2. The average Bonchev–Trinajstić information content (AvgIpc) is 3.02. The third kappa shape index (κ3) is 1.80. The number of nitrogens with two attached hydrogens (primary N) is 1. The number of benzene rings is 2. The number of ether oxygens (including phenoxy) is 1. The summed E-state index contributed by atoms with van der Waals surface area (Å²) in [7, 11) is 0. The highest BCUT2D eigenvalue weighted by Crippen LogP contribution is 2.33. The van der Waals surface area contributed by atoms with E-state index in [1.54, 1.807) is 11.3 Å². The molecule has 4 rings (SSSR count). The van der Waals surface area contributed by atoms with Gasteiger partial charge in [0.1, 0.15) is 5.01 Å². The van der Waals surface area contributed by atoms with Crippen LogP contribution in [0.25, 0.3) is 20.8 Å². The number of fused-ring (bicyclic) bond motifs is 2. The number of anilines is 1. The summed E-state index contributed by atoms with van der Waals surface area (Å²) in [4.78, 5) is 4.67. The summed E-state index contributed by atoms with van der Waals surface area (Å²) in [6.45, 7) is 1.44. The zero-order chi connectivity index (χ0) is 12.8.